The summed E-state index contributed by atoms with van der Waals surface area (Å²) in [5.74, 6) is -1.20. The fourth-order valence-electron chi connectivity index (χ4n) is 3.99. The van der Waals surface area contributed by atoms with Crippen molar-refractivity contribution < 1.29 is 13.5 Å². The van der Waals surface area contributed by atoms with Crippen molar-refractivity contribution >= 4 is 11.9 Å². The number of nitrogens with one attached hydrogen (secondary N) is 2. The lowest BCUT2D eigenvalue weighted by Gasteiger charge is -2.35. The minimum absolute atomic E-state index is 0.278. The van der Waals surface area contributed by atoms with Crippen molar-refractivity contribution in [3.8, 4) is 0 Å². The van der Waals surface area contributed by atoms with Gasteiger partial charge in [0.1, 0.15) is 0 Å². The van der Waals surface area contributed by atoms with Gasteiger partial charge < -0.3 is 10.1 Å². The molecule has 1 saturated carbocycles. The lowest BCUT2D eigenvalue weighted by molar-refractivity contribution is 0.00536. The minimum atomic E-state index is -0.769. The number of rotatable bonds is 6. The largest absolute Gasteiger partial charge is 0.377 e. The van der Waals surface area contributed by atoms with E-state index in [-0.39, 0.29) is 6.10 Å². The van der Waals surface area contributed by atoms with Gasteiger partial charge in [0.25, 0.3) is 0 Å². The maximum absolute atomic E-state index is 13.4. The number of hydrogen-bond donors (Lipinski definition) is 2. The average molecular weight is 371 g/mol. The van der Waals surface area contributed by atoms with Crippen LogP contribution in [0, 0.1) is 11.6 Å². The second-order valence-electron chi connectivity index (χ2n) is 7.11. The van der Waals surface area contributed by atoms with Crippen LogP contribution in [0.2, 0.25) is 0 Å². The van der Waals surface area contributed by atoms with Crippen molar-refractivity contribution in [2.75, 3.05) is 19.4 Å². The van der Waals surface area contributed by atoms with Crippen LogP contribution in [0.25, 0.3) is 0 Å². The van der Waals surface area contributed by atoms with Gasteiger partial charge >= 0.3 is 0 Å². The third-order valence-electron chi connectivity index (χ3n) is 5.45. The SMILES string of the molecule is CSNC1CCCNC1COC1CCC(c2ccc(F)c(F)c2)CC1. The maximum atomic E-state index is 13.4. The molecule has 6 heteroatoms. The molecule has 25 heavy (non-hydrogen) atoms. The summed E-state index contributed by atoms with van der Waals surface area (Å²) in [6.07, 6.45) is 8.64. The van der Waals surface area contributed by atoms with Crippen LogP contribution in [0.3, 0.4) is 0 Å². The number of halogens is 2. The van der Waals surface area contributed by atoms with Crippen molar-refractivity contribution in [3.63, 3.8) is 0 Å². The van der Waals surface area contributed by atoms with Crippen molar-refractivity contribution in [2.24, 2.45) is 0 Å². The van der Waals surface area contributed by atoms with E-state index in [1.54, 1.807) is 18.0 Å². The van der Waals surface area contributed by atoms with Gasteiger partial charge in [0.2, 0.25) is 0 Å². The Morgan fingerprint density at radius 1 is 1.16 bits per heavy atom. The Bertz CT molecular complexity index is 550. The summed E-state index contributed by atoms with van der Waals surface area (Å²) >= 11 is 1.67. The first-order chi connectivity index (χ1) is 12.2. The first kappa shape index (κ1) is 19.1. The van der Waals surface area contributed by atoms with Crippen molar-refractivity contribution in [1.82, 2.24) is 10.0 Å². The fourth-order valence-corrected chi connectivity index (χ4v) is 4.57. The molecule has 2 atom stereocenters. The summed E-state index contributed by atoms with van der Waals surface area (Å²) in [7, 11) is 0. The first-order valence-electron chi connectivity index (χ1n) is 9.26. The minimum Gasteiger partial charge on any atom is -0.377 e. The molecule has 0 radical (unpaired) electrons. The molecule has 2 unspecified atom stereocenters. The molecule has 2 N–H and O–H groups in total. The molecule has 3 nitrogen and oxygen atoms in total. The van der Waals surface area contributed by atoms with Crippen molar-refractivity contribution in [2.45, 2.75) is 62.6 Å². The van der Waals surface area contributed by atoms with E-state index in [9.17, 15) is 8.78 Å². The zero-order chi connectivity index (χ0) is 17.6. The Balaban J connectivity index is 1.45. The first-order valence-corrected chi connectivity index (χ1v) is 10.5. The van der Waals surface area contributed by atoms with Crippen LogP contribution in [0.4, 0.5) is 8.78 Å². The summed E-state index contributed by atoms with van der Waals surface area (Å²) in [4.78, 5) is 0. The molecule has 140 valence electrons. The van der Waals surface area contributed by atoms with Gasteiger partial charge in [-0.2, -0.15) is 0 Å². The van der Waals surface area contributed by atoms with Gasteiger partial charge in [-0.15, -0.1) is 0 Å². The zero-order valence-corrected chi connectivity index (χ0v) is 15.6. The summed E-state index contributed by atoms with van der Waals surface area (Å²) in [6.45, 7) is 1.79. The van der Waals surface area contributed by atoms with Crippen molar-refractivity contribution in [3.05, 3.63) is 35.4 Å². The highest BCUT2D eigenvalue weighted by atomic mass is 32.2. The molecular weight excluding hydrogens is 342 g/mol. The third kappa shape index (κ3) is 5.16. The number of hydrogen-bond acceptors (Lipinski definition) is 4. The van der Waals surface area contributed by atoms with Gasteiger partial charge in [0.15, 0.2) is 11.6 Å². The van der Waals surface area contributed by atoms with E-state index in [0.29, 0.717) is 18.0 Å². The van der Waals surface area contributed by atoms with Crippen LogP contribution in [0.5, 0.6) is 0 Å². The van der Waals surface area contributed by atoms with E-state index in [0.717, 1.165) is 44.4 Å². The highest BCUT2D eigenvalue weighted by Gasteiger charge is 2.28. The van der Waals surface area contributed by atoms with Crippen LogP contribution < -0.4 is 10.0 Å². The highest BCUT2D eigenvalue weighted by Crippen LogP contribution is 2.34. The average Bonchev–Trinajstić information content (AvgIpc) is 2.64. The molecule has 3 rings (SSSR count). The molecule has 1 aliphatic carbocycles. The molecule has 1 heterocycles. The standard InChI is InChI=1S/C19H28F2N2OS/c1-25-23-18-3-2-10-22-19(18)12-24-15-7-4-13(5-8-15)14-6-9-16(20)17(21)11-14/h6,9,11,13,15,18-19,22-23H,2-5,7-8,10,12H2,1H3. The van der Waals surface area contributed by atoms with Gasteiger partial charge in [-0.25, -0.2) is 8.78 Å². The molecule has 0 spiro atoms. The zero-order valence-electron chi connectivity index (χ0n) is 14.8. The molecule has 1 aromatic rings. The Hall–Kier alpha value is -0.690. The normalized spacial score (nSPS) is 30.4. The van der Waals surface area contributed by atoms with Gasteiger partial charge in [-0.3, -0.25) is 4.72 Å². The van der Waals surface area contributed by atoms with Crippen LogP contribution in [0.15, 0.2) is 18.2 Å². The van der Waals surface area contributed by atoms with E-state index >= 15 is 0 Å². The van der Waals surface area contributed by atoms with Crippen LogP contribution in [-0.2, 0) is 4.74 Å². The molecule has 1 saturated heterocycles. The maximum Gasteiger partial charge on any atom is 0.159 e. The second kappa shape index (κ2) is 9.31. The van der Waals surface area contributed by atoms with Crippen molar-refractivity contribution in [1.29, 1.82) is 0 Å². The summed E-state index contributed by atoms with van der Waals surface area (Å²) < 4.78 is 36.2. The van der Waals surface area contributed by atoms with E-state index in [4.69, 9.17) is 4.74 Å². The summed E-state index contributed by atoms with van der Waals surface area (Å²) in [5, 5.41) is 3.56. The number of benzene rings is 1. The van der Waals surface area contributed by atoms with Gasteiger partial charge in [0.05, 0.1) is 12.7 Å². The topological polar surface area (TPSA) is 33.3 Å². The Kier molecular flexibility index (Phi) is 7.10. The van der Waals surface area contributed by atoms with E-state index in [2.05, 4.69) is 16.3 Å². The molecule has 1 aromatic carbocycles. The second-order valence-corrected chi connectivity index (χ2v) is 7.76. The summed E-state index contributed by atoms with van der Waals surface area (Å²) in [5.41, 5.74) is 0.913. The lowest BCUT2D eigenvalue weighted by atomic mass is 9.82. The predicted molar refractivity (Wildman–Crippen MR) is 98.8 cm³/mol. The number of piperidine rings is 1. The molecule has 0 amide bonds. The molecule has 2 fully saturated rings. The highest BCUT2D eigenvalue weighted by molar-refractivity contribution is 7.96. The van der Waals surface area contributed by atoms with E-state index < -0.39 is 11.6 Å². The molecular formula is C19H28F2N2OS. The molecule has 2 aliphatic rings. The van der Waals surface area contributed by atoms with Crippen LogP contribution in [0.1, 0.15) is 50.0 Å². The monoisotopic (exact) mass is 370 g/mol. The Morgan fingerprint density at radius 2 is 1.96 bits per heavy atom. The third-order valence-corrected chi connectivity index (χ3v) is 5.99. The van der Waals surface area contributed by atoms with Gasteiger partial charge in [-0.1, -0.05) is 18.0 Å². The van der Waals surface area contributed by atoms with E-state index in [1.165, 1.54) is 25.0 Å². The number of ether oxygens (including phenoxy) is 1. The van der Waals surface area contributed by atoms with E-state index in [1.807, 2.05) is 0 Å². The quantitative estimate of drug-likeness (QED) is 0.742. The smallest absolute Gasteiger partial charge is 0.159 e. The van der Waals surface area contributed by atoms with Gasteiger partial charge in [0, 0.05) is 12.1 Å². The lowest BCUT2D eigenvalue weighted by Crippen LogP contribution is -2.52. The van der Waals surface area contributed by atoms with Crippen LogP contribution >= 0.6 is 11.9 Å². The summed E-state index contributed by atoms with van der Waals surface area (Å²) in [6, 6.07) is 5.13. The fraction of sp³-hybridized carbons (Fsp3) is 0.684. The molecule has 1 aliphatic heterocycles. The predicted octanol–water partition coefficient (Wildman–Crippen LogP) is 4.00. The van der Waals surface area contributed by atoms with Crippen LogP contribution in [-0.4, -0.2) is 37.6 Å². The molecule has 0 aromatic heterocycles. The van der Waals surface area contributed by atoms with Gasteiger partial charge in [-0.05, 0) is 74.9 Å². The Labute approximate surface area is 153 Å². The molecule has 0 bridgehead atoms. The Morgan fingerprint density at radius 3 is 2.68 bits per heavy atom.